The maximum Gasteiger partial charge on any atom is 0.0489 e. The van der Waals surface area contributed by atoms with Crippen LogP contribution >= 0.6 is 0 Å². The van der Waals surface area contributed by atoms with E-state index < -0.39 is 0 Å². The van der Waals surface area contributed by atoms with Crippen molar-refractivity contribution >= 4 is 10.9 Å². The number of nitrogens with zero attached hydrogens (tertiary/aromatic N) is 2. The van der Waals surface area contributed by atoms with Gasteiger partial charge in [-0.2, -0.15) is 0 Å². The van der Waals surface area contributed by atoms with Crippen LogP contribution in [0.2, 0.25) is 0 Å². The second kappa shape index (κ2) is 8.60. The van der Waals surface area contributed by atoms with Crippen LogP contribution in [0.3, 0.4) is 0 Å². The molecule has 0 N–H and O–H groups in total. The van der Waals surface area contributed by atoms with Crippen LogP contribution in [0, 0.1) is 0 Å². The van der Waals surface area contributed by atoms with Gasteiger partial charge in [-0.1, -0.05) is 78.9 Å². The van der Waals surface area contributed by atoms with Crippen LogP contribution < -0.4 is 0 Å². The van der Waals surface area contributed by atoms with Crippen molar-refractivity contribution in [3.8, 4) is 0 Å². The van der Waals surface area contributed by atoms with Gasteiger partial charge in [0.05, 0.1) is 0 Å². The quantitative estimate of drug-likeness (QED) is 0.299. The molecule has 0 aliphatic carbocycles. The minimum atomic E-state index is 0.599. The van der Waals surface area contributed by atoms with Crippen molar-refractivity contribution in [2.75, 3.05) is 6.54 Å². The van der Waals surface area contributed by atoms with Crippen molar-refractivity contribution in [3.63, 3.8) is 0 Å². The predicted octanol–water partition coefficient (Wildman–Crippen LogP) is 6.77. The van der Waals surface area contributed by atoms with Crippen LogP contribution in [0.5, 0.6) is 0 Å². The maximum absolute atomic E-state index is 2.85. The predicted molar refractivity (Wildman–Crippen MR) is 133 cm³/mol. The van der Waals surface area contributed by atoms with Gasteiger partial charge in [-0.05, 0) is 61.4 Å². The first-order valence-electron chi connectivity index (χ1n) is 12.3. The summed E-state index contributed by atoms with van der Waals surface area (Å²) >= 11 is 0. The second-order valence-electron chi connectivity index (χ2n) is 9.58. The molecular weight excluding hydrogens is 388 g/mol. The molecule has 1 aromatic heterocycles. The summed E-state index contributed by atoms with van der Waals surface area (Å²) in [5.41, 5.74) is 7.52. The normalized spacial score (nSPS) is 20.0. The molecule has 0 amide bonds. The van der Waals surface area contributed by atoms with Gasteiger partial charge in [0.2, 0.25) is 0 Å². The Morgan fingerprint density at radius 1 is 0.719 bits per heavy atom. The maximum atomic E-state index is 2.85. The number of unbranched alkanes of at least 4 members (excludes halogenated alkanes) is 1. The van der Waals surface area contributed by atoms with E-state index in [1.54, 1.807) is 11.3 Å². The van der Waals surface area contributed by atoms with Gasteiger partial charge in [0.15, 0.2) is 0 Å². The van der Waals surface area contributed by atoms with Crippen molar-refractivity contribution < 1.29 is 0 Å². The summed E-state index contributed by atoms with van der Waals surface area (Å²) in [6.07, 6.45) is 7.63. The highest BCUT2D eigenvalue weighted by atomic mass is 15.2. The first kappa shape index (κ1) is 19.8. The highest BCUT2D eigenvalue weighted by Gasteiger charge is 2.42. The Hall–Kier alpha value is -2.84. The highest BCUT2D eigenvalue weighted by molar-refractivity contribution is 5.86. The molecule has 2 unspecified atom stereocenters. The lowest BCUT2D eigenvalue weighted by Crippen LogP contribution is -2.38. The van der Waals surface area contributed by atoms with Crippen LogP contribution in [-0.4, -0.2) is 22.1 Å². The summed E-state index contributed by atoms with van der Waals surface area (Å²) in [5.74, 6) is 0. The van der Waals surface area contributed by atoms with Gasteiger partial charge in [-0.25, -0.2) is 0 Å². The molecule has 2 heteroatoms. The second-order valence-corrected chi connectivity index (χ2v) is 9.58. The molecule has 0 spiro atoms. The summed E-state index contributed by atoms with van der Waals surface area (Å²) in [5, 5.41) is 1.48. The Morgan fingerprint density at radius 3 is 2.25 bits per heavy atom. The zero-order valence-corrected chi connectivity index (χ0v) is 18.8. The molecule has 2 aliphatic heterocycles. The summed E-state index contributed by atoms with van der Waals surface area (Å²) in [4.78, 5) is 2.85. The van der Waals surface area contributed by atoms with E-state index in [0.29, 0.717) is 12.1 Å². The third-order valence-corrected chi connectivity index (χ3v) is 7.68. The van der Waals surface area contributed by atoms with Crippen LogP contribution in [0.1, 0.15) is 54.1 Å². The van der Waals surface area contributed by atoms with Gasteiger partial charge in [0, 0.05) is 41.6 Å². The van der Waals surface area contributed by atoms with E-state index in [4.69, 9.17) is 0 Å². The molecule has 3 heterocycles. The smallest absolute Gasteiger partial charge is 0.0489 e. The SMILES string of the molecule is c1ccc(CCCCN2C3CCC2c2c(n(Cc4ccccc4)c4ccccc24)C3)cc1. The number of hydrogen-bond acceptors (Lipinski definition) is 1. The lowest BCUT2D eigenvalue weighted by molar-refractivity contribution is 0.173. The van der Waals surface area contributed by atoms with E-state index in [0.717, 1.165) is 6.54 Å². The van der Waals surface area contributed by atoms with Gasteiger partial charge in [0.1, 0.15) is 0 Å². The number of aryl methyl sites for hydroxylation is 1. The Morgan fingerprint density at radius 2 is 1.44 bits per heavy atom. The largest absolute Gasteiger partial charge is 0.340 e. The van der Waals surface area contributed by atoms with Gasteiger partial charge in [0.25, 0.3) is 0 Å². The monoisotopic (exact) mass is 420 g/mol. The molecular formula is C30H32N2. The van der Waals surface area contributed by atoms with Crippen LogP contribution in [0.15, 0.2) is 84.9 Å². The number of rotatable bonds is 7. The molecule has 4 aromatic rings. The number of aromatic nitrogens is 1. The molecule has 2 atom stereocenters. The average Bonchev–Trinajstić information content (AvgIpc) is 3.30. The number of fused-ring (bicyclic) bond motifs is 6. The number of para-hydroxylation sites is 1. The van der Waals surface area contributed by atoms with Gasteiger partial charge in [-0.3, -0.25) is 4.90 Å². The lowest BCUT2D eigenvalue weighted by atomic mass is 9.96. The lowest BCUT2D eigenvalue weighted by Gasteiger charge is -2.36. The Labute approximate surface area is 191 Å². The van der Waals surface area contributed by atoms with Crippen LogP contribution in [-0.2, 0) is 19.4 Å². The van der Waals surface area contributed by atoms with E-state index in [9.17, 15) is 0 Å². The topological polar surface area (TPSA) is 8.17 Å². The third-order valence-electron chi connectivity index (χ3n) is 7.68. The fraction of sp³-hybridized carbons (Fsp3) is 0.333. The molecule has 162 valence electrons. The average molecular weight is 421 g/mol. The van der Waals surface area contributed by atoms with E-state index in [1.807, 2.05) is 0 Å². The molecule has 2 bridgehead atoms. The molecule has 2 aliphatic rings. The Bertz CT molecular complexity index is 1190. The standard InChI is InChI=1S/C30H32N2/c1-3-11-23(12-4-1)13-9-10-20-31-25-18-19-28(31)30-26-16-7-8-17-27(26)32(29(30)21-25)22-24-14-5-2-6-15-24/h1-8,11-12,14-17,25,28H,9-10,13,18-22H2. The van der Waals surface area contributed by atoms with Gasteiger partial charge < -0.3 is 4.57 Å². The van der Waals surface area contributed by atoms with Gasteiger partial charge in [-0.15, -0.1) is 0 Å². The van der Waals surface area contributed by atoms with Crippen molar-refractivity contribution in [1.29, 1.82) is 0 Å². The molecule has 32 heavy (non-hydrogen) atoms. The minimum absolute atomic E-state index is 0.599. The molecule has 2 nitrogen and oxygen atoms in total. The first-order chi connectivity index (χ1) is 15.9. The van der Waals surface area contributed by atoms with Gasteiger partial charge >= 0.3 is 0 Å². The Kier molecular flexibility index (Phi) is 5.32. The zero-order valence-electron chi connectivity index (χ0n) is 18.8. The van der Waals surface area contributed by atoms with E-state index in [2.05, 4.69) is 94.4 Å². The molecule has 0 saturated carbocycles. The molecule has 1 fully saturated rings. The summed E-state index contributed by atoms with van der Waals surface area (Å²) in [6, 6.07) is 32.3. The fourth-order valence-electron chi connectivity index (χ4n) is 6.22. The van der Waals surface area contributed by atoms with Crippen molar-refractivity contribution in [3.05, 3.63) is 107 Å². The van der Waals surface area contributed by atoms with E-state index in [-0.39, 0.29) is 0 Å². The molecule has 6 rings (SSSR count). The first-order valence-corrected chi connectivity index (χ1v) is 12.3. The third kappa shape index (κ3) is 3.57. The highest BCUT2D eigenvalue weighted by Crippen LogP contribution is 2.47. The summed E-state index contributed by atoms with van der Waals surface area (Å²) < 4.78 is 2.62. The van der Waals surface area contributed by atoms with Crippen molar-refractivity contribution in [2.24, 2.45) is 0 Å². The molecule has 1 saturated heterocycles. The van der Waals surface area contributed by atoms with Crippen LogP contribution in [0.25, 0.3) is 10.9 Å². The summed E-state index contributed by atoms with van der Waals surface area (Å²) in [6.45, 7) is 2.22. The van der Waals surface area contributed by atoms with E-state index >= 15 is 0 Å². The fourth-order valence-corrected chi connectivity index (χ4v) is 6.22. The van der Waals surface area contributed by atoms with Crippen molar-refractivity contribution in [1.82, 2.24) is 9.47 Å². The van der Waals surface area contributed by atoms with Crippen LogP contribution in [0.4, 0.5) is 0 Å². The molecule has 3 aromatic carbocycles. The summed E-state index contributed by atoms with van der Waals surface area (Å²) in [7, 11) is 0. The molecule has 0 radical (unpaired) electrons. The zero-order chi connectivity index (χ0) is 21.3. The Balaban J connectivity index is 1.25. The van der Waals surface area contributed by atoms with Crippen molar-refractivity contribution in [2.45, 2.75) is 57.2 Å². The minimum Gasteiger partial charge on any atom is -0.340 e. The number of hydrogen-bond donors (Lipinski definition) is 0. The number of benzene rings is 3. The van der Waals surface area contributed by atoms with E-state index in [1.165, 1.54) is 67.1 Å².